The molecule has 3 rings (SSSR count). The minimum Gasteiger partial charge on any atom is -0.495 e. The minimum atomic E-state index is -1.58. The average Bonchev–Trinajstić information content (AvgIpc) is 2.55. The molecular formula is C18H19BrN2O2SSi. The van der Waals surface area contributed by atoms with Gasteiger partial charge in [0.05, 0.1) is 23.7 Å². The van der Waals surface area contributed by atoms with Crippen LogP contribution in [0.3, 0.4) is 0 Å². The highest BCUT2D eigenvalue weighted by Crippen LogP contribution is 2.33. The molecule has 25 heavy (non-hydrogen) atoms. The standard InChI is InChI=1S/C18H19BrN2O2SSi/c1-23-15-11-6-5-10-14(15)21-17(22)12-8-7-9-13(19)16(12)20-18(21)24-25(2,3)4/h5-11H,1-4H3. The molecular weight excluding hydrogens is 416 g/mol. The third-order valence-corrected chi connectivity index (χ3v) is 7.64. The van der Waals surface area contributed by atoms with Crippen molar-refractivity contribution in [2.24, 2.45) is 0 Å². The van der Waals surface area contributed by atoms with Crippen molar-refractivity contribution >= 4 is 45.3 Å². The molecule has 0 aliphatic rings. The van der Waals surface area contributed by atoms with E-state index in [4.69, 9.17) is 9.72 Å². The molecule has 0 bridgehead atoms. The lowest BCUT2D eigenvalue weighted by atomic mass is 10.2. The van der Waals surface area contributed by atoms with Gasteiger partial charge in [-0.1, -0.05) is 37.8 Å². The van der Waals surface area contributed by atoms with Crippen LogP contribution >= 0.6 is 27.1 Å². The van der Waals surface area contributed by atoms with Gasteiger partial charge in [0.15, 0.2) is 5.16 Å². The number of fused-ring (bicyclic) bond motifs is 1. The Hall–Kier alpha value is -1.57. The van der Waals surface area contributed by atoms with E-state index in [1.165, 1.54) is 0 Å². The fourth-order valence-electron chi connectivity index (χ4n) is 2.52. The molecule has 0 saturated heterocycles. The predicted octanol–water partition coefficient (Wildman–Crippen LogP) is 5.08. The Labute approximate surface area is 160 Å². The number of halogens is 1. The van der Waals surface area contributed by atoms with Gasteiger partial charge in [-0.15, -0.1) is 11.2 Å². The number of aromatic nitrogens is 2. The highest BCUT2D eigenvalue weighted by Gasteiger charge is 2.23. The fourth-order valence-corrected chi connectivity index (χ4v) is 5.99. The molecule has 4 nitrogen and oxygen atoms in total. The van der Waals surface area contributed by atoms with E-state index in [0.29, 0.717) is 27.5 Å². The van der Waals surface area contributed by atoms with E-state index in [1.54, 1.807) is 22.9 Å². The van der Waals surface area contributed by atoms with Gasteiger partial charge in [0, 0.05) is 4.47 Å². The van der Waals surface area contributed by atoms with E-state index in [9.17, 15) is 4.79 Å². The summed E-state index contributed by atoms with van der Waals surface area (Å²) >= 11 is 5.21. The van der Waals surface area contributed by atoms with Crippen molar-refractivity contribution in [3.63, 3.8) is 0 Å². The molecule has 1 heterocycles. The zero-order valence-electron chi connectivity index (χ0n) is 14.5. The number of rotatable bonds is 4. The lowest BCUT2D eigenvalue weighted by Crippen LogP contribution is -2.25. The molecule has 0 atom stereocenters. The largest absolute Gasteiger partial charge is 0.495 e. The summed E-state index contributed by atoms with van der Waals surface area (Å²) < 4.78 is 7.98. The average molecular weight is 435 g/mol. The van der Waals surface area contributed by atoms with Gasteiger partial charge in [0.25, 0.3) is 5.56 Å². The minimum absolute atomic E-state index is 0.0865. The lowest BCUT2D eigenvalue weighted by molar-refractivity contribution is 0.411. The highest BCUT2D eigenvalue weighted by atomic mass is 79.9. The van der Waals surface area contributed by atoms with Crippen molar-refractivity contribution in [3.8, 4) is 11.4 Å². The molecule has 0 N–H and O–H groups in total. The van der Waals surface area contributed by atoms with Crippen molar-refractivity contribution in [1.82, 2.24) is 9.55 Å². The summed E-state index contributed by atoms with van der Waals surface area (Å²) in [5.41, 5.74) is 1.32. The van der Waals surface area contributed by atoms with Crippen LogP contribution in [0.5, 0.6) is 5.75 Å². The molecule has 0 aliphatic heterocycles. The third kappa shape index (κ3) is 3.68. The van der Waals surface area contributed by atoms with Gasteiger partial charge in [-0.05, 0) is 40.2 Å². The topological polar surface area (TPSA) is 44.1 Å². The molecule has 130 valence electrons. The molecule has 0 aliphatic carbocycles. The molecule has 1 aromatic heterocycles. The number of hydrogen-bond acceptors (Lipinski definition) is 4. The van der Waals surface area contributed by atoms with Gasteiger partial charge in [-0.25, -0.2) is 4.98 Å². The Morgan fingerprint density at radius 2 is 1.84 bits per heavy atom. The van der Waals surface area contributed by atoms with Crippen molar-refractivity contribution in [2.45, 2.75) is 24.8 Å². The van der Waals surface area contributed by atoms with Crippen molar-refractivity contribution in [2.75, 3.05) is 7.11 Å². The SMILES string of the molecule is COc1ccccc1-n1c(S[Si](C)(C)C)nc2c(Br)cccc2c1=O. The van der Waals surface area contributed by atoms with Crippen LogP contribution in [0.1, 0.15) is 0 Å². The molecule has 0 amide bonds. The highest BCUT2D eigenvalue weighted by molar-refractivity contribution is 9.10. The smallest absolute Gasteiger partial charge is 0.266 e. The van der Waals surface area contributed by atoms with Gasteiger partial charge >= 0.3 is 0 Å². The predicted molar refractivity (Wildman–Crippen MR) is 111 cm³/mol. The molecule has 0 spiro atoms. The summed E-state index contributed by atoms with van der Waals surface area (Å²) in [4.78, 5) is 18.1. The molecule has 3 aromatic rings. The summed E-state index contributed by atoms with van der Waals surface area (Å²) in [6, 6.07) is 13.1. The second kappa shape index (κ2) is 6.97. The van der Waals surface area contributed by atoms with Gasteiger partial charge in [0.2, 0.25) is 0 Å². The summed E-state index contributed by atoms with van der Waals surface area (Å²) in [5, 5.41) is 1.29. The number of benzene rings is 2. The Morgan fingerprint density at radius 3 is 2.52 bits per heavy atom. The van der Waals surface area contributed by atoms with E-state index < -0.39 is 7.22 Å². The van der Waals surface area contributed by atoms with Gasteiger partial charge in [0.1, 0.15) is 13.0 Å². The van der Waals surface area contributed by atoms with Crippen LogP contribution in [0.25, 0.3) is 16.6 Å². The maximum atomic E-state index is 13.3. The number of methoxy groups -OCH3 is 1. The van der Waals surface area contributed by atoms with E-state index in [0.717, 1.165) is 4.47 Å². The number of para-hydroxylation sites is 3. The van der Waals surface area contributed by atoms with Crippen LogP contribution in [-0.4, -0.2) is 23.9 Å². The van der Waals surface area contributed by atoms with Crippen LogP contribution in [0, 0.1) is 0 Å². The van der Waals surface area contributed by atoms with Crippen LogP contribution in [-0.2, 0) is 0 Å². The lowest BCUT2D eigenvalue weighted by Gasteiger charge is -2.20. The fraction of sp³-hybridized carbons (Fsp3) is 0.222. The van der Waals surface area contributed by atoms with E-state index in [-0.39, 0.29) is 5.56 Å². The Morgan fingerprint density at radius 1 is 1.12 bits per heavy atom. The van der Waals surface area contributed by atoms with E-state index in [1.807, 2.05) is 42.5 Å². The molecule has 0 saturated carbocycles. The number of nitrogens with zero attached hydrogens (tertiary/aromatic N) is 2. The van der Waals surface area contributed by atoms with Crippen LogP contribution in [0.2, 0.25) is 19.6 Å². The molecule has 7 heteroatoms. The Balaban J connectivity index is 2.41. The first kappa shape index (κ1) is 18.2. The molecule has 2 aromatic carbocycles. The molecule has 0 unspecified atom stereocenters. The first-order valence-corrected chi connectivity index (χ1v) is 13.7. The van der Waals surface area contributed by atoms with Crippen LogP contribution in [0.15, 0.2) is 56.9 Å². The summed E-state index contributed by atoms with van der Waals surface area (Å²) in [7, 11) is 0.0321. The van der Waals surface area contributed by atoms with Crippen molar-refractivity contribution < 1.29 is 4.74 Å². The van der Waals surface area contributed by atoms with E-state index >= 15 is 0 Å². The normalized spacial score (nSPS) is 11.7. The third-order valence-electron chi connectivity index (χ3n) is 3.54. The second-order valence-electron chi connectivity index (χ2n) is 6.56. The Bertz CT molecular complexity index is 999. The maximum absolute atomic E-state index is 13.3. The van der Waals surface area contributed by atoms with Crippen molar-refractivity contribution in [3.05, 3.63) is 57.3 Å². The number of ether oxygens (including phenoxy) is 1. The summed E-state index contributed by atoms with van der Waals surface area (Å²) in [6.07, 6.45) is 0. The quantitative estimate of drug-likeness (QED) is 0.423. The summed E-state index contributed by atoms with van der Waals surface area (Å²) in [5.74, 6) is 0.651. The molecule has 0 fully saturated rings. The zero-order valence-corrected chi connectivity index (χ0v) is 17.9. The first-order valence-electron chi connectivity index (χ1n) is 7.85. The van der Waals surface area contributed by atoms with Crippen LogP contribution < -0.4 is 10.3 Å². The molecule has 0 radical (unpaired) electrons. The zero-order chi connectivity index (χ0) is 18.2. The Kier molecular flexibility index (Phi) is 5.08. The van der Waals surface area contributed by atoms with Crippen molar-refractivity contribution in [1.29, 1.82) is 0 Å². The maximum Gasteiger partial charge on any atom is 0.266 e. The van der Waals surface area contributed by atoms with Crippen LogP contribution in [0.4, 0.5) is 0 Å². The second-order valence-corrected chi connectivity index (χ2v) is 16.5. The monoisotopic (exact) mass is 434 g/mol. The first-order chi connectivity index (χ1) is 11.8. The van der Waals surface area contributed by atoms with Gasteiger partial charge in [-0.2, -0.15) is 0 Å². The number of hydrogen-bond donors (Lipinski definition) is 0. The van der Waals surface area contributed by atoms with Gasteiger partial charge < -0.3 is 4.74 Å². The van der Waals surface area contributed by atoms with Gasteiger partial charge in [-0.3, -0.25) is 9.36 Å². The summed E-state index contributed by atoms with van der Waals surface area (Å²) in [6.45, 7) is 6.71. The van der Waals surface area contributed by atoms with E-state index in [2.05, 4.69) is 35.6 Å².